The van der Waals surface area contributed by atoms with Gasteiger partial charge in [-0.2, -0.15) is 9.36 Å². The number of allylic oxidation sites excluding steroid dienone is 1. The number of amides is 2. The molecule has 1 aromatic carbocycles. The van der Waals surface area contributed by atoms with Gasteiger partial charge in [-0.25, -0.2) is 4.68 Å². The zero-order chi connectivity index (χ0) is 29.1. The van der Waals surface area contributed by atoms with E-state index in [0.29, 0.717) is 22.5 Å². The average molecular weight is 637 g/mol. The molecule has 0 aliphatic carbocycles. The Bertz CT molecular complexity index is 1520. The minimum Gasteiger partial charge on any atom is -0.481 e. The number of β-lactam (4-membered cyclic amide) rings is 1. The Hall–Kier alpha value is -3.74. The second-order valence-electron chi connectivity index (χ2n) is 8.87. The molecule has 2 fully saturated rings. The Morgan fingerprint density at radius 3 is 2.85 bits per heavy atom. The summed E-state index contributed by atoms with van der Waals surface area (Å²) in [6, 6.07) is 5.38. The van der Waals surface area contributed by atoms with Gasteiger partial charge in [0, 0.05) is 34.6 Å². The number of carboxylic acids is 1. The predicted octanol–water partition coefficient (Wildman–Crippen LogP) is 0.992. The van der Waals surface area contributed by atoms with Crippen LogP contribution in [0.2, 0.25) is 5.02 Å². The maximum atomic E-state index is 13.2. The van der Waals surface area contributed by atoms with Crippen LogP contribution in [-0.2, 0) is 20.9 Å². The van der Waals surface area contributed by atoms with Crippen LogP contribution < -0.4 is 15.9 Å². The number of tetrazole rings is 1. The highest BCUT2D eigenvalue weighted by Gasteiger charge is 2.57. The van der Waals surface area contributed by atoms with E-state index in [2.05, 4.69) is 41.9 Å². The lowest BCUT2D eigenvalue weighted by atomic mass is 9.89. The minimum absolute atomic E-state index is 0.0357. The maximum absolute atomic E-state index is 13.2. The molecule has 2 aliphatic heterocycles. The van der Waals surface area contributed by atoms with Gasteiger partial charge in [0.15, 0.2) is 10.9 Å². The third kappa shape index (κ3) is 5.99. The topological polar surface area (TPSA) is 204 Å². The van der Waals surface area contributed by atoms with E-state index in [-0.39, 0.29) is 34.7 Å². The summed E-state index contributed by atoms with van der Waals surface area (Å²) in [5.74, 6) is -1.65. The fourth-order valence-electron chi connectivity index (χ4n) is 3.96. The Kier molecular flexibility index (Phi) is 8.43. The van der Waals surface area contributed by atoms with Gasteiger partial charge < -0.3 is 25.9 Å². The van der Waals surface area contributed by atoms with Crippen LogP contribution in [0.1, 0.15) is 5.82 Å². The highest BCUT2D eigenvalue weighted by atomic mass is 35.5. The number of fused-ring (bicyclic) bond motifs is 1. The number of nitrogens with two attached hydrogens (primary N) is 1. The number of aromatic nitrogens is 6. The van der Waals surface area contributed by atoms with E-state index >= 15 is 0 Å². The first kappa shape index (κ1) is 28.8. The molecule has 0 spiro atoms. The van der Waals surface area contributed by atoms with Gasteiger partial charge in [0.25, 0.3) is 5.91 Å². The van der Waals surface area contributed by atoms with Crippen LogP contribution in [0, 0.1) is 5.41 Å². The molecule has 2 amide bonds. The molecule has 4 N–H and O–H groups in total. The van der Waals surface area contributed by atoms with Gasteiger partial charge in [-0.05, 0) is 34.7 Å². The largest absolute Gasteiger partial charge is 0.481 e. The van der Waals surface area contributed by atoms with Gasteiger partial charge in [0.05, 0.1) is 6.54 Å². The number of anilines is 1. The number of benzene rings is 1. The van der Waals surface area contributed by atoms with E-state index in [1.165, 1.54) is 33.1 Å². The first-order valence-corrected chi connectivity index (χ1v) is 15.0. The number of rotatable bonds is 11. The summed E-state index contributed by atoms with van der Waals surface area (Å²) in [5, 5.41) is 28.7. The van der Waals surface area contributed by atoms with E-state index < -0.39 is 34.6 Å². The van der Waals surface area contributed by atoms with Crippen molar-refractivity contribution in [2.45, 2.75) is 23.1 Å². The Balaban J connectivity index is 1.27. The Labute approximate surface area is 249 Å². The molecule has 2 aromatic heterocycles. The maximum Gasteiger partial charge on any atom is 0.313 e. The third-order valence-electron chi connectivity index (χ3n) is 6.09. The van der Waals surface area contributed by atoms with Gasteiger partial charge in [0.1, 0.15) is 16.8 Å². The molecule has 5 rings (SSSR count). The molecule has 2 aliphatic rings. The second kappa shape index (κ2) is 12.0. The van der Waals surface area contributed by atoms with Crippen molar-refractivity contribution < 1.29 is 24.3 Å². The fourth-order valence-corrected chi connectivity index (χ4v) is 7.27. The monoisotopic (exact) mass is 636 g/mol. The number of oxime groups is 1. The molecule has 3 atom stereocenters. The van der Waals surface area contributed by atoms with E-state index in [9.17, 15) is 19.5 Å². The number of nitrogens with zero attached hydrogens (tertiary/aromatic N) is 8. The minimum atomic E-state index is -1.25. The molecule has 2 saturated heterocycles. The number of thioether (sulfide) groups is 2. The van der Waals surface area contributed by atoms with Crippen molar-refractivity contribution in [3.05, 3.63) is 47.8 Å². The zero-order valence-corrected chi connectivity index (χ0v) is 24.1. The number of aliphatic carboxylic acids is 1. The van der Waals surface area contributed by atoms with E-state index in [4.69, 9.17) is 22.2 Å². The molecule has 0 saturated carbocycles. The number of hydrogen-bond donors (Lipinski definition) is 3. The van der Waals surface area contributed by atoms with Gasteiger partial charge in [0.2, 0.25) is 22.6 Å². The van der Waals surface area contributed by atoms with Crippen molar-refractivity contribution in [1.29, 1.82) is 0 Å². The van der Waals surface area contributed by atoms with Crippen LogP contribution in [0.15, 0.2) is 47.2 Å². The molecule has 4 heterocycles. The average Bonchev–Trinajstić information content (AvgIpc) is 3.60. The quantitative estimate of drug-likeness (QED) is 0.0884. The lowest BCUT2D eigenvalue weighted by Crippen LogP contribution is -2.74. The second-order valence-corrected chi connectivity index (χ2v) is 12.1. The number of carbonyl (C=O) groups excluding carboxylic acids is 2. The Morgan fingerprint density at radius 1 is 1.39 bits per heavy atom. The summed E-state index contributed by atoms with van der Waals surface area (Å²) in [7, 11) is 0. The highest BCUT2D eigenvalue weighted by molar-refractivity contribution is 8.00. The zero-order valence-electron chi connectivity index (χ0n) is 20.9. The first-order chi connectivity index (χ1) is 19.7. The molecular formula is C22H21ClN10O5S3. The number of nitrogen functional groups attached to an aromatic ring is 1. The molecule has 0 radical (unpaired) electrons. The van der Waals surface area contributed by atoms with Gasteiger partial charge in [-0.15, -0.1) is 23.4 Å². The molecule has 19 heteroatoms. The summed E-state index contributed by atoms with van der Waals surface area (Å²) in [4.78, 5) is 49.6. The summed E-state index contributed by atoms with van der Waals surface area (Å²) in [6.45, 7) is 3.99. The number of nitrogens with one attached hydrogen (secondary N) is 1. The normalized spacial score (nSPS) is 22.0. The molecule has 2 unspecified atom stereocenters. The first-order valence-electron chi connectivity index (χ1n) is 11.8. The molecular weight excluding hydrogens is 616 g/mol. The van der Waals surface area contributed by atoms with Crippen LogP contribution in [0.3, 0.4) is 0 Å². The lowest BCUT2D eigenvalue weighted by Gasteiger charge is -2.53. The molecule has 15 nitrogen and oxygen atoms in total. The van der Waals surface area contributed by atoms with Crippen molar-refractivity contribution >= 4 is 75.3 Å². The molecule has 214 valence electrons. The standard InChI is InChI=1S/C22H21ClN10O5S3/c1-2-7-33-21(27-30-31-33)40-10-22(19(36)37)8-32-17(35)14(18(32)39-9-22)25-16(34)13(15-26-20(24)41-29-15)28-38-12-5-3-11(23)4-6-12/h2-6,14,18H,1,7-10H2,(H,25,34)(H,36,37)(H2,24,26,29)/t14?,18-,22?/m1/s1. The Morgan fingerprint density at radius 2 is 2.17 bits per heavy atom. The van der Waals surface area contributed by atoms with Crippen molar-refractivity contribution in [3.8, 4) is 5.75 Å². The predicted molar refractivity (Wildman–Crippen MR) is 152 cm³/mol. The molecule has 41 heavy (non-hydrogen) atoms. The van der Waals surface area contributed by atoms with E-state index in [1.54, 1.807) is 30.3 Å². The number of halogens is 1. The smallest absolute Gasteiger partial charge is 0.313 e. The van der Waals surface area contributed by atoms with Crippen LogP contribution in [0.4, 0.5) is 5.13 Å². The van der Waals surface area contributed by atoms with Crippen molar-refractivity contribution in [1.82, 2.24) is 39.8 Å². The van der Waals surface area contributed by atoms with Crippen molar-refractivity contribution in [2.75, 3.05) is 23.8 Å². The van der Waals surface area contributed by atoms with Gasteiger partial charge >= 0.3 is 5.97 Å². The summed E-state index contributed by atoms with van der Waals surface area (Å²) in [5.41, 5.74) is 4.16. The third-order valence-corrected chi connectivity index (χ3v) is 9.72. The van der Waals surface area contributed by atoms with E-state index in [0.717, 1.165) is 11.5 Å². The molecule has 3 aromatic rings. The summed E-state index contributed by atoms with van der Waals surface area (Å²) < 4.78 is 5.54. The van der Waals surface area contributed by atoms with Crippen LogP contribution in [0.25, 0.3) is 0 Å². The lowest BCUT2D eigenvalue weighted by molar-refractivity contribution is -0.157. The summed E-state index contributed by atoms with van der Waals surface area (Å²) >= 11 is 9.22. The molecule has 0 bridgehead atoms. The number of carbonyl (C=O) groups is 3. The van der Waals surface area contributed by atoms with Crippen LogP contribution >= 0.6 is 46.7 Å². The van der Waals surface area contributed by atoms with Crippen LogP contribution in [-0.4, -0.2) is 92.5 Å². The van der Waals surface area contributed by atoms with Crippen molar-refractivity contribution in [3.63, 3.8) is 0 Å². The number of hydrogen-bond acceptors (Lipinski definition) is 14. The highest BCUT2D eigenvalue weighted by Crippen LogP contribution is 2.44. The SMILES string of the molecule is C=CCn1nnnc1SCC1(C(=O)O)CS[C@@H]2C(NC(=O)C(=NOc3ccc(Cl)cc3)c3nsc(N)n3)C(=O)N2C1. The number of carboxylic acid groups (broad SMARTS) is 1. The van der Waals surface area contributed by atoms with Gasteiger partial charge in [-0.1, -0.05) is 34.6 Å². The fraction of sp³-hybridized carbons (Fsp3) is 0.318. The van der Waals surface area contributed by atoms with E-state index in [1.807, 2.05) is 0 Å². The summed E-state index contributed by atoms with van der Waals surface area (Å²) in [6.07, 6.45) is 1.63. The van der Waals surface area contributed by atoms with Crippen molar-refractivity contribution in [2.24, 2.45) is 10.6 Å². The van der Waals surface area contributed by atoms with Gasteiger partial charge in [-0.3, -0.25) is 14.4 Å². The van der Waals surface area contributed by atoms with Crippen LogP contribution in [0.5, 0.6) is 5.75 Å².